The van der Waals surface area contributed by atoms with Gasteiger partial charge in [0.1, 0.15) is 0 Å². The molecule has 1 unspecified atom stereocenters. The SMILES string of the molecule is CCNC(CCSC)c1cscc1Br. The normalized spacial score (nSPS) is 13.1. The molecule has 1 rings (SSSR count). The Hall–Kier alpha value is 0.490. The first-order valence-electron chi connectivity index (χ1n) is 4.73. The van der Waals surface area contributed by atoms with Crippen molar-refractivity contribution < 1.29 is 0 Å². The third-order valence-electron chi connectivity index (χ3n) is 2.08. The molecular formula is C10H16BrNS2. The van der Waals surface area contributed by atoms with Gasteiger partial charge in [0.05, 0.1) is 0 Å². The molecule has 14 heavy (non-hydrogen) atoms. The Balaban J connectivity index is 2.62. The Morgan fingerprint density at radius 1 is 1.57 bits per heavy atom. The van der Waals surface area contributed by atoms with Crippen LogP contribution >= 0.6 is 39.0 Å². The monoisotopic (exact) mass is 293 g/mol. The maximum Gasteiger partial charge on any atom is 0.0347 e. The lowest BCUT2D eigenvalue weighted by atomic mass is 10.1. The fraction of sp³-hybridized carbons (Fsp3) is 0.600. The first-order chi connectivity index (χ1) is 6.79. The summed E-state index contributed by atoms with van der Waals surface area (Å²) in [4.78, 5) is 0. The predicted molar refractivity (Wildman–Crippen MR) is 71.4 cm³/mol. The highest BCUT2D eigenvalue weighted by Crippen LogP contribution is 2.29. The minimum atomic E-state index is 0.507. The van der Waals surface area contributed by atoms with Gasteiger partial charge >= 0.3 is 0 Å². The summed E-state index contributed by atoms with van der Waals surface area (Å²) in [6.07, 6.45) is 3.36. The Morgan fingerprint density at radius 3 is 2.86 bits per heavy atom. The number of thioether (sulfide) groups is 1. The molecule has 0 aromatic carbocycles. The van der Waals surface area contributed by atoms with E-state index in [2.05, 4.69) is 45.2 Å². The summed E-state index contributed by atoms with van der Waals surface area (Å²) >= 11 is 7.26. The van der Waals surface area contributed by atoms with Crippen LogP contribution in [0.2, 0.25) is 0 Å². The molecule has 0 radical (unpaired) electrons. The van der Waals surface area contributed by atoms with Gasteiger partial charge in [-0.05, 0) is 51.8 Å². The molecule has 1 aromatic rings. The van der Waals surface area contributed by atoms with Crippen molar-refractivity contribution in [3.8, 4) is 0 Å². The van der Waals surface area contributed by atoms with Crippen molar-refractivity contribution in [3.63, 3.8) is 0 Å². The quantitative estimate of drug-likeness (QED) is 0.853. The molecule has 0 saturated carbocycles. The smallest absolute Gasteiger partial charge is 0.0347 e. The van der Waals surface area contributed by atoms with E-state index in [1.165, 1.54) is 22.2 Å². The van der Waals surface area contributed by atoms with Crippen molar-refractivity contribution >= 4 is 39.0 Å². The Kier molecular flexibility index (Phi) is 6.17. The largest absolute Gasteiger partial charge is 0.310 e. The third kappa shape index (κ3) is 3.57. The van der Waals surface area contributed by atoms with Crippen LogP contribution in [0.3, 0.4) is 0 Å². The van der Waals surface area contributed by atoms with Gasteiger partial charge in [0.15, 0.2) is 0 Å². The number of halogens is 1. The highest BCUT2D eigenvalue weighted by Gasteiger charge is 2.13. The Labute approximate surface area is 103 Å². The Bertz CT molecular complexity index is 262. The van der Waals surface area contributed by atoms with Crippen molar-refractivity contribution in [1.82, 2.24) is 5.32 Å². The van der Waals surface area contributed by atoms with Gasteiger partial charge in [-0.15, -0.1) is 0 Å². The molecule has 0 spiro atoms. The number of nitrogens with one attached hydrogen (secondary N) is 1. The van der Waals surface area contributed by atoms with Crippen LogP contribution in [0.4, 0.5) is 0 Å². The van der Waals surface area contributed by atoms with Crippen LogP contribution in [-0.4, -0.2) is 18.6 Å². The molecule has 1 N–H and O–H groups in total. The maximum atomic E-state index is 3.59. The zero-order valence-corrected chi connectivity index (χ0v) is 11.8. The predicted octanol–water partition coefficient (Wildman–Crippen LogP) is 3.91. The average Bonchev–Trinajstić information content (AvgIpc) is 2.59. The van der Waals surface area contributed by atoms with E-state index in [-0.39, 0.29) is 0 Å². The fourth-order valence-corrected chi connectivity index (χ4v) is 3.49. The zero-order valence-electron chi connectivity index (χ0n) is 8.55. The average molecular weight is 294 g/mol. The minimum Gasteiger partial charge on any atom is -0.310 e. The summed E-state index contributed by atoms with van der Waals surface area (Å²) in [5.74, 6) is 1.21. The number of hydrogen-bond donors (Lipinski definition) is 1. The lowest BCUT2D eigenvalue weighted by molar-refractivity contribution is 0.541. The van der Waals surface area contributed by atoms with Crippen LogP contribution in [0.15, 0.2) is 15.2 Å². The number of hydrogen-bond acceptors (Lipinski definition) is 3. The first-order valence-corrected chi connectivity index (χ1v) is 7.86. The summed E-state index contributed by atoms with van der Waals surface area (Å²) in [6, 6.07) is 0.507. The van der Waals surface area contributed by atoms with E-state index in [9.17, 15) is 0 Å². The van der Waals surface area contributed by atoms with E-state index in [1.807, 2.05) is 11.8 Å². The van der Waals surface area contributed by atoms with Crippen LogP contribution in [0.5, 0.6) is 0 Å². The van der Waals surface area contributed by atoms with Gasteiger partial charge in [0, 0.05) is 15.9 Å². The van der Waals surface area contributed by atoms with Gasteiger partial charge in [-0.25, -0.2) is 0 Å². The van der Waals surface area contributed by atoms with Crippen LogP contribution in [0, 0.1) is 0 Å². The summed E-state index contributed by atoms with van der Waals surface area (Å²) in [5.41, 5.74) is 1.41. The van der Waals surface area contributed by atoms with Gasteiger partial charge in [-0.1, -0.05) is 6.92 Å². The van der Waals surface area contributed by atoms with E-state index < -0.39 is 0 Å². The van der Waals surface area contributed by atoms with Gasteiger partial charge in [-0.3, -0.25) is 0 Å². The van der Waals surface area contributed by atoms with Gasteiger partial charge in [-0.2, -0.15) is 23.1 Å². The second kappa shape index (κ2) is 6.88. The molecule has 0 aliphatic carbocycles. The van der Waals surface area contributed by atoms with Crippen LogP contribution < -0.4 is 5.32 Å². The molecule has 0 amide bonds. The van der Waals surface area contributed by atoms with Crippen molar-refractivity contribution in [2.24, 2.45) is 0 Å². The fourth-order valence-electron chi connectivity index (χ4n) is 1.39. The molecule has 80 valence electrons. The van der Waals surface area contributed by atoms with Crippen molar-refractivity contribution in [1.29, 1.82) is 0 Å². The zero-order chi connectivity index (χ0) is 10.4. The van der Waals surface area contributed by atoms with Crippen LogP contribution in [-0.2, 0) is 0 Å². The molecule has 4 heteroatoms. The van der Waals surface area contributed by atoms with E-state index in [0.29, 0.717) is 6.04 Å². The molecule has 1 heterocycles. The summed E-state index contributed by atoms with van der Waals surface area (Å²) < 4.78 is 1.24. The lowest BCUT2D eigenvalue weighted by Crippen LogP contribution is -2.21. The molecule has 0 aliphatic heterocycles. The second-order valence-electron chi connectivity index (χ2n) is 3.07. The lowest BCUT2D eigenvalue weighted by Gasteiger charge is -2.16. The second-order valence-corrected chi connectivity index (χ2v) is 5.65. The number of thiophene rings is 1. The van der Waals surface area contributed by atoms with E-state index in [4.69, 9.17) is 0 Å². The molecule has 0 fully saturated rings. The molecule has 1 atom stereocenters. The van der Waals surface area contributed by atoms with E-state index in [1.54, 1.807) is 11.3 Å². The van der Waals surface area contributed by atoms with Crippen molar-refractivity contribution in [2.45, 2.75) is 19.4 Å². The van der Waals surface area contributed by atoms with Gasteiger partial charge < -0.3 is 5.32 Å². The Morgan fingerprint density at radius 2 is 2.36 bits per heavy atom. The maximum absolute atomic E-state index is 3.59. The first kappa shape index (κ1) is 12.6. The van der Waals surface area contributed by atoms with Gasteiger partial charge in [0.2, 0.25) is 0 Å². The topological polar surface area (TPSA) is 12.0 Å². The summed E-state index contributed by atoms with van der Waals surface area (Å²) in [5, 5.41) is 7.91. The summed E-state index contributed by atoms with van der Waals surface area (Å²) in [6.45, 7) is 3.19. The van der Waals surface area contributed by atoms with Gasteiger partial charge in [0.25, 0.3) is 0 Å². The highest BCUT2D eigenvalue weighted by molar-refractivity contribution is 9.10. The molecule has 1 nitrogen and oxygen atoms in total. The number of rotatable bonds is 6. The highest BCUT2D eigenvalue weighted by atomic mass is 79.9. The van der Waals surface area contributed by atoms with Crippen molar-refractivity contribution in [2.75, 3.05) is 18.6 Å². The molecular weight excluding hydrogens is 278 g/mol. The molecule has 0 saturated heterocycles. The van der Waals surface area contributed by atoms with Crippen LogP contribution in [0.25, 0.3) is 0 Å². The van der Waals surface area contributed by atoms with Crippen LogP contribution in [0.1, 0.15) is 24.9 Å². The standard InChI is InChI=1S/C10H16BrNS2/c1-3-12-10(4-5-13-2)8-6-14-7-9(8)11/h6-7,10,12H,3-5H2,1-2H3. The third-order valence-corrected chi connectivity index (χ3v) is 4.47. The minimum absolute atomic E-state index is 0.507. The van der Waals surface area contributed by atoms with E-state index >= 15 is 0 Å². The molecule has 1 aromatic heterocycles. The van der Waals surface area contributed by atoms with Crippen molar-refractivity contribution in [3.05, 3.63) is 20.8 Å². The summed E-state index contributed by atoms with van der Waals surface area (Å²) in [7, 11) is 0. The molecule has 0 bridgehead atoms. The van der Waals surface area contributed by atoms with E-state index in [0.717, 1.165) is 6.54 Å². The molecule has 0 aliphatic rings.